The van der Waals surface area contributed by atoms with E-state index >= 15 is 0 Å². The average molecular weight is 208 g/mol. The predicted molar refractivity (Wildman–Crippen MR) is 67.1 cm³/mol. The summed E-state index contributed by atoms with van der Waals surface area (Å²) in [6, 6.07) is 0.660. The van der Waals surface area contributed by atoms with Crippen molar-refractivity contribution in [2.45, 2.75) is 31.7 Å². The van der Waals surface area contributed by atoms with Crippen LogP contribution in [0.25, 0.3) is 0 Å². The zero-order valence-corrected chi connectivity index (χ0v) is 9.75. The number of rotatable bonds is 6. The maximum Gasteiger partial charge on any atom is 0.0195 e. The van der Waals surface area contributed by atoms with Crippen LogP contribution in [0.3, 0.4) is 0 Å². The lowest BCUT2D eigenvalue weighted by molar-refractivity contribution is 0.284. The summed E-state index contributed by atoms with van der Waals surface area (Å²) in [7, 11) is 0. The smallest absolute Gasteiger partial charge is 0.0195 e. The van der Waals surface area contributed by atoms with Crippen molar-refractivity contribution in [1.29, 1.82) is 0 Å². The molecule has 0 aliphatic carbocycles. The average Bonchev–Trinajstić information content (AvgIpc) is 2.47. The largest absolute Gasteiger partial charge is 0.313 e. The van der Waals surface area contributed by atoms with E-state index in [1.54, 1.807) is 0 Å². The Morgan fingerprint density at radius 3 is 2.53 bits per heavy atom. The molecule has 0 aromatic heterocycles. The lowest BCUT2D eigenvalue weighted by Gasteiger charge is -2.25. The highest BCUT2D eigenvalue weighted by molar-refractivity contribution is 4.83. The molecule has 1 aliphatic rings. The van der Waals surface area contributed by atoms with Gasteiger partial charge in [0, 0.05) is 25.7 Å². The molecule has 0 saturated carbocycles. The van der Waals surface area contributed by atoms with Crippen molar-refractivity contribution in [3.05, 3.63) is 25.3 Å². The molecule has 86 valence electrons. The molecule has 1 rings (SSSR count). The van der Waals surface area contributed by atoms with Gasteiger partial charge >= 0.3 is 0 Å². The van der Waals surface area contributed by atoms with E-state index in [2.05, 4.69) is 23.4 Å². The zero-order valence-electron chi connectivity index (χ0n) is 9.75. The van der Waals surface area contributed by atoms with Crippen molar-refractivity contribution < 1.29 is 0 Å². The Bertz CT molecular complexity index is 171. The summed E-state index contributed by atoms with van der Waals surface area (Å²) in [5.74, 6) is 0. The Hall–Kier alpha value is -0.600. The van der Waals surface area contributed by atoms with E-state index in [4.69, 9.17) is 0 Å². The van der Waals surface area contributed by atoms with Crippen LogP contribution in [-0.2, 0) is 0 Å². The third-order valence-electron chi connectivity index (χ3n) is 2.92. The number of nitrogens with zero attached hydrogens (tertiary/aromatic N) is 1. The first-order chi connectivity index (χ1) is 7.36. The van der Waals surface area contributed by atoms with Crippen molar-refractivity contribution in [2.75, 3.05) is 26.2 Å². The van der Waals surface area contributed by atoms with Gasteiger partial charge in [-0.3, -0.25) is 4.90 Å². The molecular formula is C13H24N2. The summed E-state index contributed by atoms with van der Waals surface area (Å²) in [5, 5.41) is 3.62. The molecule has 1 heterocycles. The Balaban J connectivity index is 2.33. The fourth-order valence-electron chi connectivity index (χ4n) is 2.16. The Labute approximate surface area is 94.0 Å². The fraction of sp³-hybridized carbons (Fsp3) is 0.692. The first kappa shape index (κ1) is 12.5. The van der Waals surface area contributed by atoms with Crippen LogP contribution in [0.15, 0.2) is 25.3 Å². The van der Waals surface area contributed by atoms with Gasteiger partial charge in [0.15, 0.2) is 0 Å². The topological polar surface area (TPSA) is 15.3 Å². The van der Waals surface area contributed by atoms with Crippen molar-refractivity contribution in [3.63, 3.8) is 0 Å². The maximum absolute atomic E-state index is 3.80. The monoisotopic (exact) mass is 208 g/mol. The minimum Gasteiger partial charge on any atom is -0.313 e. The van der Waals surface area contributed by atoms with Gasteiger partial charge in [0.25, 0.3) is 0 Å². The quantitative estimate of drug-likeness (QED) is 0.673. The zero-order chi connectivity index (χ0) is 10.9. The lowest BCUT2D eigenvalue weighted by Crippen LogP contribution is -2.40. The van der Waals surface area contributed by atoms with Crippen LogP contribution < -0.4 is 5.32 Å². The van der Waals surface area contributed by atoms with E-state index in [1.807, 2.05) is 12.2 Å². The standard InChI is InChI=1S/C13H24N2/c1-3-10-15(11-4-2)12-13-8-6-5-7-9-14-13/h3-4,13-14H,1-2,5-12H2. The number of hydrogen-bond donors (Lipinski definition) is 1. The van der Waals surface area contributed by atoms with Gasteiger partial charge in [-0.05, 0) is 19.4 Å². The molecule has 1 aliphatic heterocycles. The van der Waals surface area contributed by atoms with Gasteiger partial charge in [-0.2, -0.15) is 0 Å². The SMILES string of the molecule is C=CCN(CC=C)CC1CCCCCN1. The summed E-state index contributed by atoms with van der Waals surface area (Å²) < 4.78 is 0. The Kier molecular flexibility index (Phi) is 6.37. The molecule has 0 bridgehead atoms. The lowest BCUT2D eigenvalue weighted by atomic mass is 10.1. The molecule has 1 unspecified atom stereocenters. The molecule has 1 N–H and O–H groups in total. The van der Waals surface area contributed by atoms with Gasteiger partial charge in [-0.15, -0.1) is 13.2 Å². The first-order valence-electron chi connectivity index (χ1n) is 6.04. The van der Waals surface area contributed by atoms with E-state index in [0.29, 0.717) is 6.04 Å². The van der Waals surface area contributed by atoms with E-state index in [0.717, 1.165) is 19.6 Å². The molecule has 2 nitrogen and oxygen atoms in total. The molecule has 0 spiro atoms. The molecule has 0 amide bonds. The third-order valence-corrected chi connectivity index (χ3v) is 2.92. The molecule has 0 aromatic rings. The van der Waals surface area contributed by atoms with Crippen molar-refractivity contribution in [3.8, 4) is 0 Å². The Morgan fingerprint density at radius 1 is 1.13 bits per heavy atom. The minimum absolute atomic E-state index is 0.660. The first-order valence-corrected chi connectivity index (χ1v) is 6.04. The summed E-state index contributed by atoms with van der Waals surface area (Å²) in [5.41, 5.74) is 0. The number of nitrogens with one attached hydrogen (secondary N) is 1. The molecular weight excluding hydrogens is 184 g/mol. The molecule has 15 heavy (non-hydrogen) atoms. The van der Waals surface area contributed by atoms with Gasteiger partial charge in [-0.1, -0.05) is 25.0 Å². The minimum atomic E-state index is 0.660. The van der Waals surface area contributed by atoms with Crippen molar-refractivity contribution >= 4 is 0 Å². The van der Waals surface area contributed by atoms with Crippen LogP contribution in [0.2, 0.25) is 0 Å². The second-order valence-corrected chi connectivity index (χ2v) is 4.30. The highest BCUT2D eigenvalue weighted by atomic mass is 15.1. The summed E-state index contributed by atoms with van der Waals surface area (Å²) in [4.78, 5) is 2.39. The number of hydrogen-bond acceptors (Lipinski definition) is 2. The van der Waals surface area contributed by atoms with Crippen LogP contribution in [0, 0.1) is 0 Å². The third kappa shape index (κ3) is 5.14. The molecule has 1 fully saturated rings. The van der Waals surface area contributed by atoms with Crippen molar-refractivity contribution in [1.82, 2.24) is 10.2 Å². The van der Waals surface area contributed by atoms with E-state index in [9.17, 15) is 0 Å². The highest BCUT2D eigenvalue weighted by Gasteiger charge is 2.13. The molecule has 1 atom stereocenters. The molecule has 0 radical (unpaired) electrons. The summed E-state index contributed by atoms with van der Waals surface area (Å²) >= 11 is 0. The summed E-state index contributed by atoms with van der Waals surface area (Å²) in [6.45, 7) is 11.8. The van der Waals surface area contributed by atoms with E-state index in [1.165, 1.54) is 32.2 Å². The van der Waals surface area contributed by atoms with Crippen LogP contribution in [0.1, 0.15) is 25.7 Å². The second-order valence-electron chi connectivity index (χ2n) is 4.30. The van der Waals surface area contributed by atoms with Gasteiger partial charge < -0.3 is 5.32 Å². The van der Waals surface area contributed by atoms with Crippen LogP contribution >= 0.6 is 0 Å². The van der Waals surface area contributed by atoms with Gasteiger partial charge in [0.1, 0.15) is 0 Å². The van der Waals surface area contributed by atoms with Gasteiger partial charge in [0.2, 0.25) is 0 Å². The van der Waals surface area contributed by atoms with Crippen molar-refractivity contribution in [2.24, 2.45) is 0 Å². The van der Waals surface area contributed by atoms with Crippen LogP contribution in [0.4, 0.5) is 0 Å². The maximum atomic E-state index is 3.80. The molecule has 2 heteroatoms. The van der Waals surface area contributed by atoms with Crippen LogP contribution in [0.5, 0.6) is 0 Å². The normalized spacial score (nSPS) is 22.3. The summed E-state index contributed by atoms with van der Waals surface area (Å²) in [6.07, 6.45) is 9.34. The van der Waals surface area contributed by atoms with Gasteiger partial charge in [0.05, 0.1) is 0 Å². The Morgan fingerprint density at radius 2 is 1.87 bits per heavy atom. The van der Waals surface area contributed by atoms with Gasteiger partial charge in [-0.25, -0.2) is 0 Å². The highest BCUT2D eigenvalue weighted by Crippen LogP contribution is 2.09. The van der Waals surface area contributed by atoms with Crippen LogP contribution in [-0.4, -0.2) is 37.1 Å². The molecule has 0 aromatic carbocycles. The second kappa shape index (κ2) is 7.66. The van der Waals surface area contributed by atoms with E-state index < -0.39 is 0 Å². The van der Waals surface area contributed by atoms with E-state index in [-0.39, 0.29) is 0 Å². The molecule has 1 saturated heterocycles. The predicted octanol–water partition coefficient (Wildman–Crippen LogP) is 2.19. The fourth-order valence-corrected chi connectivity index (χ4v) is 2.16.